The first-order valence-corrected chi connectivity index (χ1v) is 5.93. The Morgan fingerprint density at radius 2 is 1.65 bits per heavy atom. The SMILES string of the molecule is C=C1CC(c2ccccc2)Nc2ccccc21. The average molecular weight is 221 g/mol. The maximum Gasteiger partial charge on any atom is 0.0554 e. The van der Waals surface area contributed by atoms with Gasteiger partial charge in [-0.25, -0.2) is 0 Å². The summed E-state index contributed by atoms with van der Waals surface area (Å²) in [6.07, 6.45) is 0.973. The fraction of sp³-hybridized carbons (Fsp3) is 0.125. The zero-order valence-electron chi connectivity index (χ0n) is 9.69. The van der Waals surface area contributed by atoms with E-state index in [9.17, 15) is 0 Å². The molecule has 0 aromatic heterocycles. The molecule has 0 aliphatic carbocycles. The van der Waals surface area contributed by atoms with Gasteiger partial charge in [0.15, 0.2) is 0 Å². The molecule has 0 amide bonds. The zero-order chi connectivity index (χ0) is 11.7. The Hall–Kier alpha value is -2.02. The van der Waals surface area contributed by atoms with E-state index in [4.69, 9.17) is 0 Å². The van der Waals surface area contributed by atoms with Crippen molar-refractivity contribution in [3.63, 3.8) is 0 Å². The second kappa shape index (κ2) is 4.10. The molecule has 2 aromatic rings. The number of para-hydroxylation sites is 1. The van der Waals surface area contributed by atoms with Gasteiger partial charge in [0.05, 0.1) is 6.04 Å². The molecular weight excluding hydrogens is 206 g/mol. The Balaban J connectivity index is 1.97. The summed E-state index contributed by atoms with van der Waals surface area (Å²) in [5.74, 6) is 0. The van der Waals surface area contributed by atoms with Crippen molar-refractivity contribution in [3.05, 3.63) is 72.3 Å². The van der Waals surface area contributed by atoms with E-state index in [2.05, 4.69) is 66.5 Å². The Kier molecular flexibility index (Phi) is 2.45. The summed E-state index contributed by atoms with van der Waals surface area (Å²) in [6.45, 7) is 4.19. The first-order valence-electron chi connectivity index (χ1n) is 5.93. The lowest BCUT2D eigenvalue weighted by atomic mass is 9.90. The summed E-state index contributed by atoms with van der Waals surface area (Å²) in [7, 11) is 0. The number of anilines is 1. The molecule has 1 heteroatoms. The van der Waals surface area contributed by atoms with Crippen molar-refractivity contribution in [3.8, 4) is 0 Å². The van der Waals surface area contributed by atoms with Crippen molar-refractivity contribution in [1.29, 1.82) is 0 Å². The molecule has 1 N–H and O–H groups in total. The van der Waals surface area contributed by atoms with Crippen molar-refractivity contribution in [2.45, 2.75) is 12.5 Å². The van der Waals surface area contributed by atoms with Crippen LogP contribution in [0, 0.1) is 0 Å². The van der Waals surface area contributed by atoms with E-state index in [1.165, 1.54) is 22.4 Å². The van der Waals surface area contributed by atoms with E-state index in [0.29, 0.717) is 6.04 Å². The highest BCUT2D eigenvalue weighted by Gasteiger charge is 2.20. The molecule has 0 saturated heterocycles. The summed E-state index contributed by atoms with van der Waals surface area (Å²) in [5.41, 5.74) is 4.98. The summed E-state index contributed by atoms with van der Waals surface area (Å²) >= 11 is 0. The van der Waals surface area contributed by atoms with Crippen LogP contribution in [0.1, 0.15) is 23.6 Å². The quantitative estimate of drug-likeness (QED) is 0.758. The minimum absolute atomic E-state index is 0.346. The monoisotopic (exact) mass is 221 g/mol. The number of nitrogens with one attached hydrogen (secondary N) is 1. The van der Waals surface area contributed by atoms with Crippen LogP contribution in [0.4, 0.5) is 5.69 Å². The van der Waals surface area contributed by atoms with Crippen molar-refractivity contribution in [2.24, 2.45) is 0 Å². The van der Waals surface area contributed by atoms with E-state index < -0.39 is 0 Å². The Morgan fingerprint density at radius 3 is 2.47 bits per heavy atom. The second-order valence-corrected chi connectivity index (χ2v) is 4.46. The first kappa shape index (κ1) is 10.2. The summed E-state index contributed by atoms with van der Waals surface area (Å²) in [6, 6.07) is 19.3. The molecule has 1 nitrogen and oxygen atoms in total. The van der Waals surface area contributed by atoms with Gasteiger partial charge < -0.3 is 5.32 Å². The summed E-state index contributed by atoms with van der Waals surface area (Å²) < 4.78 is 0. The molecule has 1 heterocycles. The third-order valence-electron chi connectivity index (χ3n) is 3.29. The lowest BCUT2D eigenvalue weighted by Crippen LogP contribution is -2.16. The maximum atomic E-state index is 4.19. The summed E-state index contributed by atoms with van der Waals surface area (Å²) in [5, 5.41) is 3.58. The van der Waals surface area contributed by atoms with Gasteiger partial charge in [0.2, 0.25) is 0 Å². The molecule has 1 unspecified atom stereocenters. The summed E-state index contributed by atoms with van der Waals surface area (Å²) in [4.78, 5) is 0. The molecule has 0 spiro atoms. The number of benzene rings is 2. The minimum Gasteiger partial charge on any atom is -0.377 e. The fourth-order valence-corrected chi connectivity index (χ4v) is 2.40. The van der Waals surface area contributed by atoms with Gasteiger partial charge >= 0.3 is 0 Å². The number of hydrogen-bond acceptors (Lipinski definition) is 1. The van der Waals surface area contributed by atoms with E-state index >= 15 is 0 Å². The van der Waals surface area contributed by atoms with E-state index in [1.807, 2.05) is 0 Å². The predicted molar refractivity (Wildman–Crippen MR) is 72.9 cm³/mol. The van der Waals surface area contributed by atoms with Crippen LogP contribution in [0.25, 0.3) is 5.57 Å². The van der Waals surface area contributed by atoms with Crippen molar-refractivity contribution in [2.75, 3.05) is 5.32 Å². The molecule has 1 aliphatic rings. The first-order chi connectivity index (χ1) is 8.34. The third-order valence-corrected chi connectivity index (χ3v) is 3.29. The Labute approximate surface area is 102 Å². The number of rotatable bonds is 1. The Bertz CT molecular complexity index is 542. The average Bonchev–Trinajstić information content (AvgIpc) is 2.40. The number of fused-ring (bicyclic) bond motifs is 1. The topological polar surface area (TPSA) is 12.0 Å². The number of hydrogen-bond donors (Lipinski definition) is 1. The smallest absolute Gasteiger partial charge is 0.0554 e. The van der Waals surface area contributed by atoms with Crippen LogP contribution < -0.4 is 5.32 Å². The third kappa shape index (κ3) is 1.84. The lowest BCUT2D eigenvalue weighted by Gasteiger charge is -2.29. The van der Waals surface area contributed by atoms with Crippen LogP contribution in [-0.4, -0.2) is 0 Å². The largest absolute Gasteiger partial charge is 0.377 e. The highest BCUT2D eigenvalue weighted by atomic mass is 14.9. The van der Waals surface area contributed by atoms with Gasteiger partial charge in [0.25, 0.3) is 0 Å². The Morgan fingerprint density at radius 1 is 0.941 bits per heavy atom. The fourth-order valence-electron chi connectivity index (χ4n) is 2.40. The van der Waals surface area contributed by atoms with Crippen LogP contribution in [0.5, 0.6) is 0 Å². The molecule has 1 aliphatic heterocycles. The zero-order valence-corrected chi connectivity index (χ0v) is 9.69. The molecule has 1 atom stereocenters. The highest BCUT2D eigenvalue weighted by Crippen LogP contribution is 2.38. The normalized spacial score (nSPS) is 18.4. The minimum atomic E-state index is 0.346. The van der Waals surface area contributed by atoms with E-state index in [-0.39, 0.29) is 0 Å². The molecular formula is C16H15N. The van der Waals surface area contributed by atoms with Crippen LogP contribution >= 0.6 is 0 Å². The van der Waals surface area contributed by atoms with Gasteiger partial charge in [0.1, 0.15) is 0 Å². The second-order valence-electron chi connectivity index (χ2n) is 4.46. The van der Waals surface area contributed by atoms with Crippen LogP contribution in [0.3, 0.4) is 0 Å². The van der Waals surface area contributed by atoms with Gasteiger partial charge in [-0.15, -0.1) is 0 Å². The van der Waals surface area contributed by atoms with E-state index in [1.54, 1.807) is 0 Å². The molecule has 84 valence electrons. The predicted octanol–water partition coefficient (Wildman–Crippen LogP) is 4.26. The molecule has 0 radical (unpaired) electrons. The lowest BCUT2D eigenvalue weighted by molar-refractivity contribution is 0.794. The van der Waals surface area contributed by atoms with Gasteiger partial charge in [0, 0.05) is 11.3 Å². The molecule has 17 heavy (non-hydrogen) atoms. The maximum absolute atomic E-state index is 4.19. The molecule has 0 fully saturated rings. The standard InChI is InChI=1S/C16H15N/c1-12-11-16(13-7-3-2-4-8-13)17-15-10-6-5-9-14(12)15/h2-10,16-17H,1,11H2. The van der Waals surface area contributed by atoms with Crippen LogP contribution in [0.2, 0.25) is 0 Å². The van der Waals surface area contributed by atoms with Gasteiger partial charge in [-0.05, 0) is 23.6 Å². The van der Waals surface area contributed by atoms with Crippen molar-refractivity contribution >= 4 is 11.3 Å². The van der Waals surface area contributed by atoms with Gasteiger partial charge in [-0.3, -0.25) is 0 Å². The van der Waals surface area contributed by atoms with Gasteiger partial charge in [-0.2, -0.15) is 0 Å². The van der Waals surface area contributed by atoms with Crippen molar-refractivity contribution < 1.29 is 0 Å². The van der Waals surface area contributed by atoms with E-state index in [0.717, 1.165) is 6.42 Å². The highest BCUT2D eigenvalue weighted by molar-refractivity contribution is 5.78. The molecule has 0 bridgehead atoms. The van der Waals surface area contributed by atoms with Crippen LogP contribution in [-0.2, 0) is 0 Å². The molecule has 2 aromatic carbocycles. The van der Waals surface area contributed by atoms with Crippen molar-refractivity contribution in [1.82, 2.24) is 0 Å². The molecule has 3 rings (SSSR count). The molecule has 0 saturated carbocycles. The van der Waals surface area contributed by atoms with Crippen LogP contribution in [0.15, 0.2) is 61.2 Å². The van der Waals surface area contributed by atoms with Gasteiger partial charge in [-0.1, -0.05) is 55.1 Å².